The number of hydrogen-bond donors (Lipinski definition) is 1. The van der Waals surface area contributed by atoms with E-state index in [1.54, 1.807) is 13.0 Å². The van der Waals surface area contributed by atoms with Crippen molar-refractivity contribution in [2.45, 2.75) is 13.8 Å². The molecule has 0 saturated heterocycles. The molecule has 1 heterocycles. The van der Waals surface area contributed by atoms with Crippen LogP contribution in [0, 0.1) is 0 Å². The monoisotopic (exact) mass is 174 g/mol. The Hall–Kier alpha value is -0.680. The van der Waals surface area contributed by atoms with Crippen LogP contribution in [-0.2, 0) is 11.3 Å². The summed E-state index contributed by atoms with van der Waals surface area (Å²) < 4.78 is 20.6. The third-order valence-electron chi connectivity index (χ3n) is 1.45. The van der Waals surface area contributed by atoms with Crippen molar-refractivity contribution in [3.8, 4) is 0 Å². The zero-order valence-electron chi connectivity index (χ0n) is 6.44. The Morgan fingerprint density at radius 2 is 2.36 bits per heavy atom. The minimum Gasteiger partial charge on any atom is -0.289 e. The summed E-state index contributed by atoms with van der Waals surface area (Å²) in [5, 5.41) is 0. The first-order valence-electron chi connectivity index (χ1n) is 3.19. The first-order valence-corrected chi connectivity index (χ1v) is 4.25. The molecule has 0 bridgehead atoms. The molecule has 0 aromatic carbocycles. The van der Waals surface area contributed by atoms with Crippen molar-refractivity contribution in [3.63, 3.8) is 0 Å². The molecule has 1 unspecified atom stereocenters. The van der Waals surface area contributed by atoms with Gasteiger partial charge in [-0.2, -0.15) is 0 Å². The van der Waals surface area contributed by atoms with Crippen molar-refractivity contribution in [1.29, 1.82) is 0 Å². The average molecular weight is 174 g/mol. The number of rotatable bonds is 1. The molecule has 0 radical (unpaired) electrons. The van der Waals surface area contributed by atoms with Crippen LogP contribution >= 0.6 is 0 Å². The summed E-state index contributed by atoms with van der Waals surface area (Å²) in [6.07, 6.45) is 1.78. The predicted molar refractivity (Wildman–Crippen MR) is 44.3 cm³/mol. The van der Waals surface area contributed by atoms with Gasteiger partial charge in [0.25, 0.3) is 11.3 Å². The van der Waals surface area contributed by atoms with Gasteiger partial charge in [0, 0.05) is 11.4 Å². The second-order valence-electron chi connectivity index (χ2n) is 2.34. The van der Waals surface area contributed by atoms with Crippen LogP contribution < -0.4 is 0 Å². The van der Waals surface area contributed by atoms with E-state index in [-0.39, 0.29) is 6.67 Å². The molecule has 1 rings (SSSR count). The maximum atomic E-state index is 10.6. The van der Waals surface area contributed by atoms with Crippen molar-refractivity contribution in [1.82, 2.24) is 4.31 Å². The number of hydrogen-bond acceptors (Lipinski definition) is 2. The molecule has 1 aliphatic heterocycles. The van der Waals surface area contributed by atoms with Gasteiger partial charge in [0.05, 0.1) is 0 Å². The fourth-order valence-corrected chi connectivity index (χ4v) is 1.34. The summed E-state index contributed by atoms with van der Waals surface area (Å²) in [5.41, 5.74) is 1.67. The average Bonchev–Trinajstić information content (AvgIpc) is 1.85. The molecule has 1 atom stereocenters. The number of nitrogens with zero attached hydrogens (tertiary/aromatic N) is 2. The molecule has 0 spiro atoms. The SMILES string of the molecule is CC1=CC(C)=NCN1S(=O)O. The Balaban J connectivity index is 2.80. The third kappa shape index (κ3) is 1.87. The van der Waals surface area contributed by atoms with Crippen molar-refractivity contribution < 1.29 is 8.76 Å². The van der Waals surface area contributed by atoms with Gasteiger partial charge in [0.2, 0.25) is 0 Å². The second-order valence-corrected chi connectivity index (χ2v) is 3.24. The summed E-state index contributed by atoms with van der Waals surface area (Å²) in [7, 11) is 0. The highest BCUT2D eigenvalue weighted by molar-refractivity contribution is 7.76. The fraction of sp³-hybridized carbons (Fsp3) is 0.500. The van der Waals surface area contributed by atoms with Gasteiger partial charge in [-0.15, -0.1) is 0 Å². The highest BCUT2D eigenvalue weighted by Crippen LogP contribution is 2.10. The Morgan fingerprint density at radius 3 is 2.82 bits per heavy atom. The minimum atomic E-state index is -1.94. The lowest BCUT2D eigenvalue weighted by Gasteiger charge is -2.21. The van der Waals surface area contributed by atoms with Gasteiger partial charge >= 0.3 is 0 Å². The Bertz CT molecular complexity index is 247. The second kappa shape index (κ2) is 3.15. The van der Waals surface area contributed by atoms with Crippen LogP contribution in [-0.4, -0.2) is 25.4 Å². The summed E-state index contributed by atoms with van der Waals surface area (Å²) in [5.74, 6) is 0. The first-order chi connectivity index (χ1) is 5.11. The molecule has 0 fully saturated rings. The van der Waals surface area contributed by atoms with Crippen molar-refractivity contribution >= 4 is 17.0 Å². The van der Waals surface area contributed by atoms with Crippen molar-refractivity contribution in [3.05, 3.63) is 11.8 Å². The van der Waals surface area contributed by atoms with Crippen LogP contribution in [0.2, 0.25) is 0 Å². The van der Waals surface area contributed by atoms with E-state index in [0.29, 0.717) is 0 Å². The summed E-state index contributed by atoms with van der Waals surface area (Å²) >= 11 is -1.94. The molecule has 1 N–H and O–H groups in total. The van der Waals surface area contributed by atoms with Crippen LogP contribution in [0.15, 0.2) is 16.8 Å². The third-order valence-corrected chi connectivity index (χ3v) is 2.23. The summed E-state index contributed by atoms with van der Waals surface area (Å²) in [6, 6.07) is 0. The van der Waals surface area contributed by atoms with E-state index in [2.05, 4.69) is 4.99 Å². The van der Waals surface area contributed by atoms with Crippen molar-refractivity contribution in [2.75, 3.05) is 6.67 Å². The van der Waals surface area contributed by atoms with Gasteiger partial charge in [0.1, 0.15) is 6.67 Å². The molecule has 0 amide bonds. The normalized spacial score (nSPS) is 20.8. The Kier molecular flexibility index (Phi) is 2.41. The van der Waals surface area contributed by atoms with Crippen LogP contribution in [0.4, 0.5) is 0 Å². The maximum absolute atomic E-state index is 10.6. The topological polar surface area (TPSA) is 52.9 Å². The molecule has 1 aliphatic rings. The molecular weight excluding hydrogens is 164 g/mol. The van der Waals surface area contributed by atoms with E-state index in [1.165, 1.54) is 4.31 Å². The van der Waals surface area contributed by atoms with Crippen molar-refractivity contribution in [2.24, 2.45) is 4.99 Å². The van der Waals surface area contributed by atoms with E-state index >= 15 is 0 Å². The number of allylic oxidation sites excluding steroid dienone is 2. The summed E-state index contributed by atoms with van der Waals surface area (Å²) in [4.78, 5) is 4.00. The molecule has 62 valence electrons. The zero-order valence-corrected chi connectivity index (χ0v) is 7.26. The van der Waals surface area contributed by atoms with Gasteiger partial charge in [-0.1, -0.05) is 0 Å². The lowest BCUT2D eigenvalue weighted by Crippen LogP contribution is -2.27. The molecule has 0 saturated carbocycles. The molecule has 4 nitrogen and oxygen atoms in total. The predicted octanol–water partition coefficient (Wildman–Crippen LogP) is 0.761. The molecule has 11 heavy (non-hydrogen) atoms. The van der Waals surface area contributed by atoms with E-state index in [4.69, 9.17) is 4.55 Å². The standard InChI is InChI=1S/C6H10N2O2S/c1-5-3-6(2)8(4-7-5)11(9)10/h3H,4H2,1-2H3,(H,9,10). The number of aliphatic imine (C=N–C) groups is 1. The van der Waals surface area contributed by atoms with Crippen LogP contribution in [0.25, 0.3) is 0 Å². The molecule has 0 aromatic rings. The Labute approximate surface area is 68.0 Å². The quantitative estimate of drug-likeness (QED) is 0.597. The lowest BCUT2D eigenvalue weighted by molar-refractivity contribution is 0.458. The smallest absolute Gasteiger partial charge is 0.263 e. The molecular formula is C6H10N2O2S. The van der Waals surface area contributed by atoms with E-state index in [9.17, 15) is 4.21 Å². The Morgan fingerprint density at radius 1 is 1.73 bits per heavy atom. The lowest BCUT2D eigenvalue weighted by atomic mass is 10.3. The maximum Gasteiger partial charge on any atom is 0.263 e. The highest BCUT2D eigenvalue weighted by Gasteiger charge is 2.13. The highest BCUT2D eigenvalue weighted by atomic mass is 32.2. The molecule has 5 heteroatoms. The van der Waals surface area contributed by atoms with Gasteiger partial charge in [-0.3, -0.25) is 13.9 Å². The zero-order chi connectivity index (χ0) is 8.43. The first kappa shape index (κ1) is 8.42. The largest absolute Gasteiger partial charge is 0.289 e. The van der Waals surface area contributed by atoms with E-state index in [0.717, 1.165) is 11.4 Å². The summed E-state index contributed by atoms with van der Waals surface area (Å²) in [6.45, 7) is 3.92. The van der Waals surface area contributed by atoms with Gasteiger partial charge in [-0.05, 0) is 19.9 Å². The molecule has 0 aliphatic carbocycles. The van der Waals surface area contributed by atoms with Gasteiger partial charge in [-0.25, -0.2) is 4.21 Å². The van der Waals surface area contributed by atoms with Crippen LogP contribution in [0.5, 0.6) is 0 Å². The minimum absolute atomic E-state index is 0.275. The van der Waals surface area contributed by atoms with Gasteiger partial charge < -0.3 is 0 Å². The van der Waals surface area contributed by atoms with E-state index < -0.39 is 11.3 Å². The van der Waals surface area contributed by atoms with Gasteiger partial charge in [0.15, 0.2) is 0 Å². The fourth-order valence-electron chi connectivity index (χ4n) is 0.880. The molecule has 0 aromatic heterocycles. The van der Waals surface area contributed by atoms with E-state index in [1.807, 2.05) is 6.92 Å². The van der Waals surface area contributed by atoms with Crippen LogP contribution in [0.3, 0.4) is 0 Å². The van der Waals surface area contributed by atoms with Crippen LogP contribution in [0.1, 0.15) is 13.8 Å².